The predicted octanol–water partition coefficient (Wildman–Crippen LogP) is 5.57. The minimum atomic E-state index is 1.16. The van der Waals surface area contributed by atoms with Crippen molar-refractivity contribution in [1.82, 2.24) is 0 Å². The van der Waals surface area contributed by atoms with Gasteiger partial charge in [0, 0.05) is 48.5 Å². The lowest BCUT2D eigenvalue weighted by molar-refractivity contribution is -0.595. The Bertz CT molecular complexity index is 1120. The summed E-state index contributed by atoms with van der Waals surface area (Å²) in [5, 5.41) is 0. The zero-order valence-corrected chi connectivity index (χ0v) is 16.6. The van der Waals surface area contributed by atoms with E-state index in [1.165, 1.54) is 22.3 Å². The van der Waals surface area contributed by atoms with E-state index in [2.05, 4.69) is 131 Å². The number of hydrogen-bond donors (Lipinski definition) is 0. The molecule has 5 rings (SSSR count). The van der Waals surface area contributed by atoms with Crippen molar-refractivity contribution in [3.05, 3.63) is 134 Å². The standard InChI is InChI=1S/C28H22N2/c1-3-7-27(8-4-1)29-19-15-25(16-20-29)23-11-13-24(14-12-23)26-17-21-30(22-18-26)28-9-5-2-6-10-28/h1-22H/q+2. The van der Waals surface area contributed by atoms with Crippen LogP contribution in [0, 0.1) is 0 Å². The van der Waals surface area contributed by atoms with Gasteiger partial charge in [-0.3, -0.25) is 0 Å². The van der Waals surface area contributed by atoms with Crippen LogP contribution in [-0.2, 0) is 0 Å². The van der Waals surface area contributed by atoms with Crippen LogP contribution in [0.5, 0.6) is 0 Å². The lowest BCUT2D eigenvalue weighted by atomic mass is 10.0. The third-order valence-corrected chi connectivity index (χ3v) is 5.32. The zero-order valence-electron chi connectivity index (χ0n) is 16.6. The van der Waals surface area contributed by atoms with Crippen LogP contribution in [-0.4, -0.2) is 0 Å². The lowest BCUT2D eigenvalue weighted by Gasteiger charge is -2.05. The Morgan fingerprint density at radius 2 is 0.600 bits per heavy atom. The second kappa shape index (κ2) is 8.14. The molecule has 0 amide bonds. The number of rotatable bonds is 4. The van der Waals surface area contributed by atoms with Crippen LogP contribution in [0.4, 0.5) is 0 Å². The first kappa shape index (κ1) is 18.0. The molecule has 2 aromatic heterocycles. The first-order chi connectivity index (χ1) is 14.9. The van der Waals surface area contributed by atoms with E-state index in [1.54, 1.807) is 0 Å². The normalized spacial score (nSPS) is 10.7. The quantitative estimate of drug-likeness (QED) is 0.357. The Morgan fingerprint density at radius 1 is 0.300 bits per heavy atom. The van der Waals surface area contributed by atoms with Crippen molar-refractivity contribution in [3.8, 4) is 33.6 Å². The van der Waals surface area contributed by atoms with E-state index in [-0.39, 0.29) is 0 Å². The summed E-state index contributed by atoms with van der Waals surface area (Å²) in [6.07, 6.45) is 8.44. The molecule has 0 aliphatic carbocycles. The highest BCUT2D eigenvalue weighted by atomic mass is 14.9. The molecule has 0 spiro atoms. The van der Waals surface area contributed by atoms with Gasteiger partial charge in [-0.15, -0.1) is 0 Å². The van der Waals surface area contributed by atoms with Crippen molar-refractivity contribution in [2.24, 2.45) is 0 Å². The molecule has 30 heavy (non-hydrogen) atoms. The molecule has 0 radical (unpaired) electrons. The van der Waals surface area contributed by atoms with Gasteiger partial charge in [-0.05, 0) is 22.3 Å². The zero-order chi connectivity index (χ0) is 20.2. The van der Waals surface area contributed by atoms with Gasteiger partial charge < -0.3 is 0 Å². The van der Waals surface area contributed by atoms with Gasteiger partial charge >= 0.3 is 0 Å². The minimum Gasteiger partial charge on any atom is -0.167 e. The topological polar surface area (TPSA) is 7.76 Å². The van der Waals surface area contributed by atoms with E-state index in [1.807, 2.05) is 12.1 Å². The Labute approximate surface area is 177 Å². The van der Waals surface area contributed by atoms with Gasteiger partial charge in [-0.1, -0.05) is 60.7 Å². The van der Waals surface area contributed by atoms with E-state index in [4.69, 9.17) is 0 Å². The first-order valence-corrected chi connectivity index (χ1v) is 10.1. The molecule has 3 aromatic carbocycles. The fraction of sp³-hybridized carbons (Fsp3) is 0. The largest absolute Gasteiger partial charge is 0.210 e. The summed E-state index contributed by atoms with van der Waals surface area (Å²) < 4.78 is 4.26. The molecule has 2 heteroatoms. The molecule has 0 atom stereocenters. The third-order valence-electron chi connectivity index (χ3n) is 5.32. The minimum absolute atomic E-state index is 1.16. The van der Waals surface area contributed by atoms with Gasteiger partial charge in [-0.2, -0.15) is 9.13 Å². The SMILES string of the molecule is c1ccc(-[n+]2ccc(-c3ccc(-c4cc[n+](-c5ccccc5)cc4)cc3)cc2)cc1. The molecule has 0 N–H and O–H groups in total. The van der Waals surface area contributed by atoms with Gasteiger partial charge in [0.25, 0.3) is 0 Å². The van der Waals surface area contributed by atoms with Crippen LogP contribution in [0.3, 0.4) is 0 Å². The van der Waals surface area contributed by atoms with Crippen LogP contribution in [0.1, 0.15) is 0 Å². The monoisotopic (exact) mass is 386 g/mol. The summed E-state index contributed by atoms with van der Waals surface area (Å²) in [5.41, 5.74) is 7.18. The number of benzene rings is 3. The maximum Gasteiger partial charge on any atom is 0.210 e. The number of aromatic nitrogens is 2. The third kappa shape index (κ3) is 3.76. The number of nitrogens with zero attached hydrogens (tertiary/aromatic N) is 2. The summed E-state index contributed by atoms with van der Waals surface area (Å²) in [4.78, 5) is 0. The number of hydrogen-bond acceptors (Lipinski definition) is 0. The van der Waals surface area contributed by atoms with Gasteiger partial charge in [0.15, 0.2) is 24.8 Å². The molecule has 0 aliphatic rings. The van der Waals surface area contributed by atoms with Gasteiger partial charge in [0.2, 0.25) is 11.4 Å². The van der Waals surface area contributed by atoms with Crippen molar-refractivity contribution in [3.63, 3.8) is 0 Å². The summed E-state index contributed by atoms with van der Waals surface area (Å²) >= 11 is 0. The molecule has 142 valence electrons. The molecule has 2 nitrogen and oxygen atoms in total. The predicted molar refractivity (Wildman–Crippen MR) is 120 cm³/mol. The Hall–Kier alpha value is -4.04. The summed E-state index contributed by atoms with van der Waals surface area (Å²) in [6, 6.07) is 38.1. The highest BCUT2D eigenvalue weighted by Crippen LogP contribution is 2.24. The molecule has 0 bridgehead atoms. The number of para-hydroxylation sites is 2. The molecule has 0 saturated heterocycles. The molecule has 0 fully saturated rings. The smallest absolute Gasteiger partial charge is 0.167 e. The second-order valence-electron chi connectivity index (χ2n) is 7.24. The second-order valence-corrected chi connectivity index (χ2v) is 7.24. The Kier molecular flexibility index (Phi) is 4.89. The average molecular weight is 386 g/mol. The van der Waals surface area contributed by atoms with Gasteiger partial charge in [-0.25, -0.2) is 0 Å². The van der Waals surface area contributed by atoms with Crippen LogP contribution in [0.15, 0.2) is 134 Å². The van der Waals surface area contributed by atoms with Crippen molar-refractivity contribution >= 4 is 0 Å². The molecule has 2 heterocycles. The fourth-order valence-electron chi connectivity index (χ4n) is 3.64. The molecular formula is C28H22N2+2. The van der Waals surface area contributed by atoms with Crippen molar-refractivity contribution in [1.29, 1.82) is 0 Å². The van der Waals surface area contributed by atoms with E-state index in [0.717, 1.165) is 11.4 Å². The maximum atomic E-state index is 2.19. The van der Waals surface area contributed by atoms with Crippen molar-refractivity contribution < 1.29 is 9.13 Å². The summed E-state index contributed by atoms with van der Waals surface area (Å²) in [5.74, 6) is 0. The van der Waals surface area contributed by atoms with E-state index in [0.29, 0.717) is 0 Å². The maximum absolute atomic E-state index is 2.19. The molecular weight excluding hydrogens is 364 g/mol. The van der Waals surface area contributed by atoms with Crippen LogP contribution >= 0.6 is 0 Å². The fourth-order valence-corrected chi connectivity index (χ4v) is 3.64. The molecule has 0 aliphatic heterocycles. The van der Waals surface area contributed by atoms with E-state index >= 15 is 0 Å². The summed E-state index contributed by atoms with van der Waals surface area (Å²) in [6.45, 7) is 0. The molecule has 0 unspecified atom stereocenters. The van der Waals surface area contributed by atoms with Crippen LogP contribution in [0.25, 0.3) is 33.6 Å². The van der Waals surface area contributed by atoms with Crippen LogP contribution in [0.2, 0.25) is 0 Å². The van der Waals surface area contributed by atoms with Gasteiger partial charge in [0.1, 0.15) is 0 Å². The summed E-state index contributed by atoms with van der Waals surface area (Å²) in [7, 11) is 0. The highest BCUT2D eigenvalue weighted by Gasteiger charge is 2.08. The van der Waals surface area contributed by atoms with Crippen molar-refractivity contribution in [2.75, 3.05) is 0 Å². The van der Waals surface area contributed by atoms with Gasteiger partial charge in [0.05, 0.1) is 0 Å². The molecule has 0 saturated carbocycles. The Morgan fingerprint density at radius 3 is 0.933 bits per heavy atom. The Balaban J connectivity index is 1.35. The first-order valence-electron chi connectivity index (χ1n) is 10.1. The van der Waals surface area contributed by atoms with Crippen LogP contribution < -0.4 is 9.13 Å². The lowest BCUT2D eigenvalue weighted by Crippen LogP contribution is -2.28. The van der Waals surface area contributed by atoms with E-state index in [9.17, 15) is 0 Å². The van der Waals surface area contributed by atoms with Crippen molar-refractivity contribution in [2.45, 2.75) is 0 Å². The van der Waals surface area contributed by atoms with E-state index < -0.39 is 0 Å². The molecule has 5 aromatic rings. The number of pyridine rings is 2. The highest BCUT2D eigenvalue weighted by molar-refractivity contribution is 5.69. The average Bonchev–Trinajstić information content (AvgIpc) is 2.85.